The number of nitrogens with one attached hydrogen (secondary N) is 2. The summed E-state index contributed by atoms with van der Waals surface area (Å²) in [5.74, 6) is -0.137. The Hall–Kier alpha value is -2.41. The number of H-pyrrole nitrogens is 1. The average Bonchev–Trinajstić information content (AvgIpc) is 2.82. The van der Waals surface area contributed by atoms with Crippen LogP contribution in [0.25, 0.3) is 10.9 Å². The summed E-state index contributed by atoms with van der Waals surface area (Å²) in [7, 11) is 0. The molecule has 3 rings (SSSR count). The van der Waals surface area contributed by atoms with Crippen molar-refractivity contribution in [3.05, 3.63) is 44.6 Å². The van der Waals surface area contributed by atoms with Gasteiger partial charge in [-0.3, -0.25) is 19.1 Å². The van der Waals surface area contributed by atoms with Crippen molar-refractivity contribution in [3.8, 4) is 0 Å². The molecule has 4 N–H and O–H groups in total. The smallest absolute Gasteiger partial charge is 0.329 e. The van der Waals surface area contributed by atoms with Crippen molar-refractivity contribution in [1.82, 2.24) is 14.9 Å². The van der Waals surface area contributed by atoms with Crippen molar-refractivity contribution < 1.29 is 4.79 Å². The maximum absolute atomic E-state index is 12.1. The second kappa shape index (κ2) is 5.17. The standard InChI is InChI=1S/C14H16N4O3/c15-5-4-11(19)16-7-9-6-8-2-1-3-10-12(8)18(9)14(21)17-13(10)20/h1-3,9H,4-7,15H2,(H,16,19)(H,17,20,21). The van der Waals surface area contributed by atoms with E-state index in [4.69, 9.17) is 5.73 Å². The Balaban J connectivity index is 1.98. The van der Waals surface area contributed by atoms with Gasteiger partial charge in [-0.05, 0) is 18.1 Å². The number of aromatic nitrogens is 2. The van der Waals surface area contributed by atoms with Crippen molar-refractivity contribution in [1.29, 1.82) is 0 Å². The number of hydrogen-bond donors (Lipinski definition) is 3. The van der Waals surface area contributed by atoms with Gasteiger partial charge in [0.2, 0.25) is 5.91 Å². The van der Waals surface area contributed by atoms with Gasteiger partial charge in [0.05, 0.1) is 16.9 Å². The van der Waals surface area contributed by atoms with Crippen molar-refractivity contribution >= 4 is 16.8 Å². The minimum atomic E-state index is -0.435. The van der Waals surface area contributed by atoms with E-state index in [9.17, 15) is 14.4 Å². The fourth-order valence-electron chi connectivity index (χ4n) is 2.86. The minimum absolute atomic E-state index is 0.137. The predicted molar refractivity (Wildman–Crippen MR) is 78.3 cm³/mol. The second-order valence-electron chi connectivity index (χ2n) is 5.14. The lowest BCUT2D eigenvalue weighted by atomic mass is 10.1. The lowest BCUT2D eigenvalue weighted by molar-refractivity contribution is -0.121. The van der Waals surface area contributed by atoms with Gasteiger partial charge in [-0.15, -0.1) is 0 Å². The van der Waals surface area contributed by atoms with Crippen LogP contribution in [0.4, 0.5) is 0 Å². The van der Waals surface area contributed by atoms with Gasteiger partial charge in [0.1, 0.15) is 0 Å². The first-order chi connectivity index (χ1) is 10.1. The first-order valence-electron chi connectivity index (χ1n) is 6.85. The number of carbonyl (C=O) groups excluding carboxylic acids is 1. The lowest BCUT2D eigenvalue weighted by Crippen LogP contribution is -2.37. The zero-order valence-corrected chi connectivity index (χ0v) is 11.4. The van der Waals surface area contributed by atoms with E-state index in [-0.39, 0.29) is 23.9 Å². The van der Waals surface area contributed by atoms with Gasteiger partial charge in [-0.2, -0.15) is 0 Å². The molecule has 7 heteroatoms. The van der Waals surface area contributed by atoms with Crippen LogP contribution in [0.5, 0.6) is 0 Å². The Morgan fingerprint density at radius 2 is 2.24 bits per heavy atom. The van der Waals surface area contributed by atoms with Crippen LogP contribution in [0.15, 0.2) is 27.8 Å². The van der Waals surface area contributed by atoms with Crippen molar-refractivity contribution in [3.63, 3.8) is 0 Å². The molecular weight excluding hydrogens is 272 g/mol. The number of amides is 1. The van der Waals surface area contributed by atoms with E-state index in [2.05, 4.69) is 10.3 Å². The Morgan fingerprint density at radius 3 is 3.00 bits per heavy atom. The van der Waals surface area contributed by atoms with Crippen molar-refractivity contribution in [2.75, 3.05) is 13.1 Å². The molecule has 0 radical (unpaired) electrons. The molecule has 0 fully saturated rings. The lowest BCUT2D eigenvalue weighted by Gasteiger charge is -2.14. The maximum Gasteiger partial charge on any atom is 0.329 e. The third-order valence-corrected chi connectivity index (χ3v) is 3.77. The summed E-state index contributed by atoms with van der Waals surface area (Å²) in [6.07, 6.45) is 0.877. The highest BCUT2D eigenvalue weighted by atomic mass is 16.2. The molecule has 0 spiro atoms. The first-order valence-corrected chi connectivity index (χ1v) is 6.85. The number of para-hydroxylation sites is 1. The van der Waals surface area contributed by atoms with Gasteiger partial charge < -0.3 is 11.1 Å². The van der Waals surface area contributed by atoms with Crippen LogP contribution < -0.4 is 22.3 Å². The zero-order chi connectivity index (χ0) is 15.0. The van der Waals surface area contributed by atoms with E-state index in [0.717, 1.165) is 5.56 Å². The number of nitrogens with zero attached hydrogens (tertiary/aromatic N) is 1. The Labute approximate surface area is 119 Å². The minimum Gasteiger partial charge on any atom is -0.354 e. The third-order valence-electron chi connectivity index (χ3n) is 3.77. The maximum atomic E-state index is 12.1. The van der Waals surface area contributed by atoms with Crippen LogP contribution in [0.2, 0.25) is 0 Å². The second-order valence-corrected chi connectivity index (χ2v) is 5.14. The van der Waals surface area contributed by atoms with E-state index in [1.807, 2.05) is 6.07 Å². The molecule has 7 nitrogen and oxygen atoms in total. The van der Waals surface area contributed by atoms with Gasteiger partial charge in [-0.25, -0.2) is 4.79 Å². The van der Waals surface area contributed by atoms with Gasteiger partial charge in [0, 0.05) is 19.5 Å². The monoisotopic (exact) mass is 288 g/mol. The number of hydrogen-bond acceptors (Lipinski definition) is 4. The molecular formula is C14H16N4O3. The summed E-state index contributed by atoms with van der Waals surface area (Å²) >= 11 is 0. The molecule has 21 heavy (non-hydrogen) atoms. The highest BCUT2D eigenvalue weighted by Gasteiger charge is 2.26. The quantitative estimate of drug-likeness (QED) is 0.687. The zero-order valence-electron chi connectivity index (χ0n) is 11.4. The van der Waals surface area contributed by atoms with Crippen LogP contribution in [-0.4, -0.2) is 28.5 Å². The molecule has 2 aromatic rings. The normalized spacial score (nSPS) is 16.3. The molecule has 2 heterocycles. The van der Waals surface area contributed by atoms with E-state index in [1.54, 1.807) is 16.7 Å². The topological polar surface area (TPSA) is 110 Å². The van der Waals surface area contributed by atoms with E-state index in [0.29, 0.717) is 30.4 Å². The predicted octanol–water partition coefficient (Wildman–Crippen LogP) is -0.748. The average molecular weight is 288 g/mol. The summed E-state index contributed by atoms with van der Waals surface area (Å²) in [6, 6.07) is 5.22. The van der Waals surface area contributed by atoms with Crippen molar-refractivity contribution in [2.45, 2.75) is 18.9 Å². The fraction of sp³-hybridized carbons (Fsp3) is 0.357. The molecule has 110 valence electrons. The Kier molecular flexibility index (Phi) is 3.34. The molecule has 0 bridgehead atoms. The largest absolute Gasteiger partial charge is 0.354 e. The van der Waals surface area contributed by atoms with Gasteiger partial charge >= 0.3 is 5.69 Å². The number of nitrogens with two attached hydrogens (primary N) is 1. The van der Waals surface area contributed by atoms with Crippen LogP contribution in [0, 0.1) is 0 Å². The molecule has 1 unspecified atom stereocenters. The summed E-state index contributed by atoms with van der Waals surface area (Å²) in [6.45, 7) is 0.633. The molecule has 1 aromatic heterocycles. The molecule has 0 saturated carbocycles. The highest BCUT2D eigenvalue weighted by molar-refractivity contribution is 5.83. The van der Waals surface area contributed by atoms with Gasteiger partial charge in [0.25, 0.3) is 5.56 Å². The summed E-state index contributed by atoms with van der Waals surface area (Å²) in [5, 5.41) is 3.28. The van der Waals surface area contributed by atoms with Crippen LogP contribution in [0.3, 0.4) is 0 Å². The molecule has 0 aliphatic carbocycles. The SMILES string of the molecule is NCCC(=O)NCC1Cc2cccc3c(=O)[nH]c(=O)n1c23. The summed E-state index contributed by atoms with van der Waals surface area (Å²) < 4.78 is 1.56. The summed E-state index contributed by atoms with van der Waals surface area (Å²) in [4.78, 5) is 37.8. The van der Waals surface area contributed by atoms with Gasteiger partial charge in [-0.1, -0.05) is 12.1 Å². The number of carbonyl (C=O) groups is 1. The van der Waals surface area contributed by atoms with Gasteiger partial charge in [0.15, 0.2) is 0 Å². The molecule has 1 amide bonds. The van der Waals surface area contributed by atoms with E-state index in [1.165, 1.54) is 0 Å². The molecule has 1 aliphatic heterocycles. The van der Waals surface area contributed by atoms with Crippen LogP contribution in [-0.2, 0) is 11.2 Å². The number of rotatable bonds is 4. The van der Waals surface area contributed by atoms with Crippen LogP contribution >= 0.6 is 0 Å². The first kappa shape index (κ1) is 13.6. The highest BCUT2D eigenvalue weighted by Crippen LogP contribution is 2.28. The molecule has 1 aromatic carbocycles. The van der Waals surface area contributed by atoms with Crippen molar-refractivity contribution in [2.24, 2.45) is 5.73 Å². The molecule has 1 aliphatic rings. The van der Waals surface area contributed by atoms with E-state index >= 15 is 0 Å². The summed E-state index contributed by atoms with van der Waals surface area (Å²) in [5.41, 5.74) is 6.14. The fourth-order valence-corrected chi connectivity index (χ4v) is 2.86. The Morgan fingerprint density at radius 1 is 1.43 bits per heavy atom. The number of benzene rings is 1. The van der Waals surface area contributed by atoms with E-state index < -0.39 is 5.69 Å². The Bertz CT molecular complexity index is 821. The molecule has 0 saturated heterocycles. The third kappa shape index (κ3) is 2.25. The van der Waals surface area contributed by atoms with Crippen LogP contribution in [0.1, 0.15) is 18.0 Å². The molecule has 1 atom stereocenters. The number of aromatic amines is 1.